The number of H-pyrrole nitrogens is 1. The molecule has 2 aromatic rings. The summed E-state index contributed by atoms with van der Waals surface area (Å²) in [6, 6.07) is 1.30. The Morgan fingerprint density at radius 2 is 2.38 bits per heavy atom. The largest absolute Gasteiger partial charge is 0.350 e. The van der Waals surface area contributed by atoms with E-state index in [2.05, 4.69) is 15.3 Å². The van der Waals surface area contributed by atoms with E-state index < -0.39 is 4.92 Å². The lowest BCUT2D eigenvalue weighted by Gasteiger charge is -2.07. The number of aromatic amines is 1. The zero-order valence-corrected chi connectivity index (χ0v) is 11.7. The highest BCUT2D eigenvalue weighted by Gasteiger charge is 2.18. The lowest BCUT2D eigenvalue weighted by atomic mass is 10.3. The van der Waals surface area contributed by atoms with Gasteiger partial charge < -0.3 is 14.9 Å². The van der Waals surface area contributed by atoms with Crippen LogP contribution in [0.15, 0.2) is 24.7 Å². The molecule has 0 saturated carbocycles. The molecule has 0 atom stereocenters. The van der Waals surface area contributed by atoms with E-state index in [1.54, 1.807) is 17.0 Å². The Morgan fingerprint density at radius 3 is 3.00 bits per heavy atom. The van der Waals surface area contributed by atoms with E-state index in [-0.39, 0.29) is 11.6 Å². The van der Waals surface area contributed by atoms with Crippen LogP contribution in [-0.2, 0) is 13.0 Å². The third-order valence-electron chi connectivity index (χ3n) is 2.99. The van der Waals surface area contributed by atoms with Gasteiger partial charge in [0.05, 0.1) is 11.1 Å². The van der Waals surface area contributed by atoms with E-state index in [0.29, 0.717) is 25.2 Å². The molecule has 8 heteroatoms. The van der Waals surface area contributed by atoms with Crippen molar-refractivity contribution < 1.29 is 9.72 Å². The number of hydrogen-bond donors (Lipinski definition) is 2. The second kappa shape index (κ2) is 6.69. The molecule has 2 rings (SSSR count). The average molecular weight is 291 g/mol. The van der Waals surface area contributed by atoms with Gasteiger partial charge in [-0.3, -0.25) is 14.9 Å². The first-order valence-electron chi connectivity index (χ1n) is 6.72. The van der Waals surface area contributed by atoms with Gasteiger partial charge in [-0.2, -0.15) is 0 Å². The van der Waals surface area contributed by atoms with Gasteiger partial charge in [-0.25, -0.2) is 4.98 Å². The Kier molecular flexibility index (Phi) is 4.70. The second-order valence-corrected chi connectivity index (χ2v) is 4.58. The molecule has 0 radical (unpaired) electrons. The molecule has 0 aliphatic heterocycles. The van der Waals surface area contributed by atoms with Gasteiger partial charge in [-0.05, 0) is 6.42 Å². The van der Waals surface area contributed by atoms with Crippen LogP contribution in [0.25, 0.3) is 0 Å². The molecule has 0 saturated heterocycles. The predicted octanol–water partition coefficient (Wildman–Crippen LogP) is 1.50. The van der Waals surface area contributed by atoms with E-state index in [4.69, 9.17) is 0 Å². The number of nitrogens with zero attached hydrogens (tertiary/aromatic N) is 3. The summed E-state index contributed by atoms with van der Waals surface area (Å²) in [4.78, 5) is 29.4. The van der Waals surface area contributed by atoms with Crippen LogP contribution in [0.2, 0.25) is 0 Å². The zero-order valence-electron chi connectivity index (χ0n) is 11.7. The molecule has 2 N–H and O–H groups in total. The van der Waals surface area contributed by atoms with Crippen molar-refractivity contribution in [3.63, 3.8) is 0 Å². The van der Waals surface area contributed by atoms with Gasteiger partial charge in [-0.1, -0.05) is 6.92 Å². The Balaban J connectivity index is 2.01. The Bertz CT molecular complexity index is 618. The number of rotatable bonds is 7. The maximum atomic E-state index is 12.1. The van der Waals surface area contributed by atoms with E-state index in [0.717, 1.165) is 12.2 Å². The zero-order chi connectivity index (χ0) is 15.2. The minimum Gasteiger partial charge on any atom is -0.350 e. The summed E-state index contributed by atoms with van der Waals surface area (Å²) >= 11 is 0. The molecule has 0 unspecified atom stereocenters. The van der Waals surface area contributed by atoms with Crippen LogP contribution in [0.4, 0.5) is 5.69 Å². The molecule has 0 aliphatic rings. The molecule has 112 valence electrons. The number of nitro groups is 1. The molecule has 0 spiro atoms. The lowest BCUT2D eigenvalue weighted by Crippen LogP contribution is -2.28. The summed E-state index contributed by atoms with van der Waals surface area (Å²) in [7, 11) is 0. The van der Waals surface area contributed by atoms with E-state index in [1.807, 2.05) is 6.92 Å². The molecule has 0 bridgehead atoms. The number of nitrogens with one attached hydrogen (secondary N) is 2. The van der Waals surface area contributed by atoms with Crippen molar-refractivity contribution in [3.05, 3.63) is 46.3 Å². The highest BCUT2D eigenvalue weighted by atomic mass is 16.6. The highest BCUT2D eigenvalue weighted by Crippen LogP contribution is 2.17. The molecule has 0 fully saturated rings. The Morgan fingerprint density at radius 1 is 1.57 bits per heavy atom. The normalized spacial score (nSPS) is 10.5. The van der Waals surface area contributed by atoms with Crippen LogP contribution < -0.4 is 5.32 Å². The fraction of sp³-hybridized carbons (Fsp3) is 0.385. The third kappa shape index (κ3) is 3.68. The van der Waals surface area contributed by atoms with Crippen molar-refractivity contribution in [2.45, 2.75) is 26.3 Å². The first kappa shape index (κ1) is 14.8. The minimum atomic E-state index is -0.494. The summed E-state index contributed by atoms with van der Waals surface area (Å²) in [6.45, 7) is 2.93. The molecule has 0 aromatic carbocycles. The number of hydrogen-bond acceptors (Lipinski definition) is 4. The molecule has 8 nitrogen and oxygen atoms in total. The fourth-order valence-corrected chi connectivity index (χ4v) is 2.03. The summed E-state index contributed by atoms with van der Waals surface area (Å²) in [5.41, 5.74) is 0.239. The van der Waals surface area contributed by atoms with E-state index in [1.165, 1.54) is 12.3 Å². The molecule has 1 amide bonds. The number of aryl methyl sites for hydroxylation is 1. The van der Waals surface area contributed by atoms with Crippen molar-refractivity contribution in [1.82, 2.24) is 19.9 Å². The molecule has 21 heavy (non-hydrogen) atoms. The van der Waals surface area contributed by atoms with Crippen LogP contribution in [0, 0.1) is 10.1 Å². The maximum Gasteiger partial charge on any atom is 0.287 e. The van der Waals surface area contributed by atoms with Crippen molar-refractivity contribution in [1.29, 1.82) is 0 Å². The number of carbonyl (C=O) groups is 1. The fourth-order valence-electron chi connectivity index (χ4n) is 2.03. The highest BCUT2D eigenvalue weighted by molar-refractivity contribution is 5.93. The smallest absolute Gasteiger partial charge is 0.287 e. The summed E-state index contributed by atoms with van der Waals surface area (Å²) in [5, 5.41) is 13.6. The van der Waals surface area contributed by atoms with Crippen LogP contribution in [0.3, 0.4) is 0 Å². The van der Waals surface area contributed by atoms with E-state index >= 15 is 0 Å². The van der Waals surface area contributed by atoms with Gasteiger partial charge in [-0.15, -0.1) is 0 Å². The lowest BCUT2D eigenvalue weighted by molar-refractivity contribution is -0.384. The molecule has 0 aliphatic carbocycles. The van der Waals surface area contributed by atoms with Crippen LogP contribution >= 0.6 is 0 Å². The van der Waals surface area contributed by atoms with E-state index in [9.17, 15) is 14.9 Å². The summed E-state index contributed by atoms with van der Waals surface area (Å²) in [5.74, 6) is 0.466. The number of aromatic nitrogens is 3. The standard InChI is InChI=1S/C13H17N5O3/c1-2-7-17-9-10(18(20)21)8-11(17)13(19)16-4-3-12-14-5-6-15-12/h5-6,8-9H,2-4,7H2,1H3,(H,14,15)(H,16,19). The maximum absolute atomic E-state index is 12.1. The SMILES string of the molecule is CCCn1cc([N+](=O)[O-])cc1C(=O)NCCc1ncc[nH]1. The minimum absolute atomic E-state index is 0.0698. The predicted molar refractivity (Wildman–Crippen MR) is 76.0 cm³/mol. The number of imidazole rings is 1. The van der Waals surface area contributed by atoms with Gasteiger partial charge in [0, 0.05) is 38.0 Å². The molecule has 2 heterocycles. The Hall–Kier alpha value is -2.64. The van der Waals surface area contributed by atoms with Crippen molar-refractivity contribution in [2.75, 3.05) is 6.54 Å². The van der Waals surface area contributed by atoms with Crippen LogP contribution in [-0.4, -0.2) is 31.9 Å². The quantitative estimate of drug-likeness (QED) is 0.595. The second-order valence-electron chi connectivity index (χ2n) is 4.58. The molecular weight excluding hydrogens is 274 g/mol. The summed E-state index contributed by atoms with van der Waals surface area (Å²) in [6.07, 6.45) is 6.12. The third-order valence-corrected chi connectivity index (χ3v) is 2.99. The topological polar surface area (TPSA) is 106 Å². The summed E-state index contributed by atoms with van der Waals surface area (Å²) < 4.78 is 1.61. The van der Waals surface area contributed by atoms with Gasteiger partial charge in [0.1, 0.15) is 11.5 Å². The van der Waals surface area contributed by atoms with Crippen molar-refractivity contribution >= 4 is 11.6 Å². The monoisotopic (exact) mass is 291 g/mol. The Labute approximate surface area is 121 Å². The first-order valence-corrected chi connectivity index (χ1v) is 6.72. The van der Waals surface area contributed by atoms with Crippen LogP contribution in [0.5, 0.6) is 0 Å². The first-order chi connectivity index (χ1) is 10.1. The number of carbonyl (C=O) groups excluding carboxylic acids is 1. The molecular formula is C13H17N5O3. The number of amides is 1. The van der Waals surface area contributed by atoms with Crippen molar-refractivity contribution in [2.24, 2.45) is 0 Å². The van der Waals surface area contributed by atoms with Gasteiger partial charge in [0.2, 0.25) is 0 Å². The van der Waals surface area contributed by atoms with Gasteiger partial charge in [0.15, 0.2) is 0 Å². The van der Waals surface area contributed by atoms with Gasteiger partial charge >= 0.3 is 0 Å². The van der Waals surface area contributed by atoms with Crippen molar-refractivity contribution in [3.8, 4) is 0 Å². The average Bonchev–Trinajstić information content (AvgIpc) is 3.08. The van der Waals surface area contributed by atoms with Crippen LogP contribution in [0.1, 0.15) is 29.7 Å². The molecule has 2 aromatic heterocycles. The van der Waals surface area contributed by atoms with Gasteiger partial charge in [0.25, 0.3) is 11.6 Å².